The van der Waals surface area contributed by atoms with Crippen LogP contribution in [0, 0.1) is 0 Å². The molecule has 3 aliphatic heterocycles. The Morgan fingerprint density at radius 3 is 2.20 bits per heavy atom. The lowest BCUT2D eigenvalue weighted by Gasteiger charge is -2.64. The Hall–Kier alpha value is -4.30. The maximum Gasteiger partial charge on any atom is 0.335 e. The normalized spacial score (nSPS) is 30.7. The lowest BCUT2D eigenvalue weighted by molar-refractivity contribution is -0.194. The van der Waals surface area contributed by atoms with Crippen LogP contribution in [0.4, 0.5) is 0 Å². The van der Waals surface area contributed by atoms with Crippen molar-refractivity contribution in [3.8, 4) is 11.5 Å². The average Bonchev–Trinajstić information content (AvgIpc) is 3.48. The Morgan fingerprint density at radius 1 is 1.02 bits per heavy atom. The molecule has 13 heteroatoms. The van der Waals surface area contributed by atoms with E-state index in [4.69, 9.17) is 25.2 Å². The fourth-order valence-corrected chi connectivity index (χ4v) is 8.03. The van der Waals surface area contributed by atoms with Gasteiger partial charge in [0.05, 0.1) is 28.2 Å². The van der Waals surface area contributed by atoms with Gasteiger partial charge in [0.1, 0.15) is 6.10 Å². The summed E-state index contributed by atoms with van der Waals surface area (Å²) >= 11 is 0. The van der Waals surface area contributed by atoms with Crippen molar-refractivity contribution in [1.82, 2.24) is 9.80 Å². The maximum atomic E-state index is 13.4. The number of aliphatic hydroxyl groups is 3. The first kappa shape index (κ1) is 29.8. The number of fused-ring (bicyclic) bond motifs is 1. The third-order valence-corrected chi connectivity index (χ3v) is 9.87. The zero-order valence-corrected chi connectivity index (χ0v) is 23.5. The van der Waals surface area contributed by atoms with E-state index in [0.717, 1.165) is 17.7 Å². The molecule has 1 saturated carbocycles. The lowest BCUT2D eigenvalue weighted by atomic mass is 9.48. The van der Waals surface area contributed by atoms with Crippen LogP contribution in [-0.4, -0.2) is 113 Å². The van der Waals surface area contributed by atoms with Crippen LogP contribution in [0.5, 0.6) is 11.5 Å². The van der Waals surface area contributed by atoms with Gasteiger partial charge >= 0.3 is 11.9 Å². The Bertz CT molecular complexity index is 1540. The first-order valence-corrected chi connectivity index (χ1v) is 14.3. The third-order valence-electron chi connectivity index (χ3n) is 9.87. The molecule has 0 aromatic heterocycles. The predicted molar refractivity (Wildman–Crippen MR) is 150 cm³/mol. The van der Waals surface area contributed by atoms with Crippen molar-refractivity contribution in [2.45, 2.75) is 67.1 Å². The number of hydrogen-bond acceptors (Lipinski definition) is 10. The maximum absolute atomic E-state index is 13.4. The van der Waals surface area contributed by atoms with Crippen LogP contribution < -0.4 is 4.74 Å². The Balaban J connectivity index is 0.000000299. The summed E-state index contributed by atoms with van der Waals surface area (Å²) in [6, 6.07) is 9.82. The first-order valence-electron chi connectivity index (χ1n) is 14.3. The number of carbonyl (C=O) groups excluding carboxylic acids is 2. The number of phenolic OH excluding ortho intramolecular Hbond substituents is 1. The predicted octanol–water partition coefficient (Wildman–Crippen LogP) is 0.275. The van der Waals surface area contributed by atoms with Crippen molar-refractivity contribution in [3.63, 3.8) is 0 Å². The number of nitrogens with zero attached hydrogens (tertiary/aromatic N) is 2. The summed E-state index contributed by atoms with van der Waals surface area (Å²) in [7, 11) is 0. The van der Waals surface area contributed by atoms with Gasteiger partial charge in [-0.3, -0.25) is 19.4 Å². The van der Waals surface area contributed by atoms with Crippen molar-refractivity contribution >= 4 is 23.8 Å². The summed E-state index contributed by atoms with van der Waals surface area (Å²) in [5.74, 6) is -3.72. The molecule has 1 saturated heterocycles. The van der Waals surface area contributed by atoms with E-state index in [1.54, 1.807) is 30.3 Å². The van der Waals surface area contributed by atoms with E-state index in [1.165, 1.54) is 4.90 Å². The fraction of sp³-hybridized carbons (Fsp3) is 0.419. The number of ether oxygens (including phenoxy) is 1. The van der Waals surface area contributed by atoms with Crippen LogP contribution in [0.15, 0.2) is 49.1 Å². The Morgan fingerprint density at radius 2 is 1.64 bits per heavy atom. The second-order valence-electron chi connectivity index (χ2n) is 11.8. The highest BCUT2D eigenvalue weighted by molar-refractivity contribution is 6.21. The van der Waals surface area contributed by atoms with Crippen molar-refractivity contribution < 1.29 is 54.6 Å². The molecule has 2 aliphatic carbocycles. The summed E-state index contributed by atoms with van der Waals surface area (Å²) in [5, 5.41) is 55.7. The number of hydrogen-bond donors (Lipinski definition) is 6. The van der Waals surface area contributed by atoms with Gasteiger partial charge in [0, 0.05) is 18.2 Å². The SMILES string of the molecule is C=CCN1CC[C@]23c4c5ccc(O)c4O[C@H]2[C@H](N2C(=O)c4ccccc4C2=O)CCC3(O)[C@H]1C5.O=C(O)C(O)C(O)C(=O)O. The highest BCUT2D eigenvalue weighted by Gasteiger charge is 2.74. The first-order chi connectivity index (χ1) is 20.9. The highest BCUT2D eigenvalue weighted by atomic mass is 16.5. The molecule has 0 radical (unpaired) electrons. The third kappa shape index (κ3) is 3.93. The molecular formula is C31H32N2O11. The molecule has 3 heterocycles. The minimum atomic E-state index is -2.27. The van der Waals surface area contributed by atoms with Crippen molar-refractivity contribution in [2.75, 3.05) is 13.1 Å². The van der Waals surface area contributed by atoms with Crippen LogP contribution in [0.1, 0.15) is 51.1 Å². The number of piperidine rings is 1. The standard InChI is InChI=1S/C27H26N2O5.C4H6O6/c1-2-12-28-13-11-26-21-15-7-8-19(30)22(21)34-23(26)18(9-10-27(26,33)20(28)14-15)29-24(31)16-5-3-4-6-17(16)25(29)32;5-1(3(7)8)2(6)4(9)10/h2-8,18,20,23,30,33H,1,9-14H2;1-2,5-6H,(H,7,8)(H,9,10)/t18-,20-,23+,26+,27?;/m1./s1. The molecule has 232 valence electrons. The molecule has 1 spiro atoms. The zero-order valence-electron chi connectivity index (χ0n) is 23.5. The van der Waals surface area contributed by atoms with Crippen LogP contribution in [0.2, 0.25) is 0 Å². The van der Waals surface area contributed by atoms with Gasteiger partial charge in [-0.05, 0) is 56.0 Å². The van der Waals surface area contributed by atoms with Gasteiger partial charge in [-0.15, -0.1) is 6.58 Å². The summed E-state index contributed by atoms with van der Waals surface area (Å²) in [6.07, 6.45) is -1.13. The highest BCUT2D eigenvalue weighted by Crippen LogP contribution is 2.66. The number of carboxylic acid groups (broad SMARTS) is 2. The monoisotopic (exact) mass is 608 g/mol. The molecule has 2 aromatic carbocycles. The average molecular weight is 609 g/mol. The molecule has 13 nitrogen and oxygen atoms in total. The van der Waals surface area contributed by atoms with E-state index < -0.39 is 47.3 Å². The van der Waals surface area contributed by atoms with E-state index in [1.807, 2.05) is 12.1 Å². The molecular weight excluding hydrogens is 576 g/mol. The molecule has 3 unspecified atom stereocenters. The molecule has 2 fully saturated rings. The number of aromatic hydroxyl groups is 1. The number of carbonyl (C=O) groups is 4. The van der Waals surface area contributed by atoms with Crippen LogP contribution in [0.3, 0.4) is 0 Å². The van der Waals surface area contributed by atoms with E-state index in [2.05, 4.69) is 11.5 Å². The van der Waals surface area contributed by atoms with Gasteiger partial charge in [-0.25, -0.2) is 9.59 Å². The van der Waals surface area contributed by atoms with Crippen LogP contribution in [0.25, 0.3) is 0 Å². The quantitative estimate of drug-likeness (QED) is 0.193. The largest absolute Gasteiger partial charge is 0.504 e. The fourth-order valence-electron chi connectivity index (χ4n) is 8.03. The summed E-state index contributed by atoms with van der Waals surface area (Å²) in [6.45, 7) is 5.32. The molecule has 2 aromatic rings. The van der Waals surface area contributed by atoms with E-state index >= 15 is 0 Å². The molecule has 7 atom stereocenters. The van der Waals surface area contributed by atoms with Crippen molar-refractivity contribution in [2.24, 2.45) is 0 Å². The molecule has 5 aliphatic rings. The Labute approximate surface area is 251 Å². The number of phenols is 1. The molecule has 7 rings (SSSR count). The molecule has 6 N–H and O–H groups in total. The van der Waals surface area contributed by atoms with Gasteiger partial charge in [-0.1, -0.05) is 24.3 Å². The Kier molecular flexibility index (Phi) is 7.04. The molecule has 2 bridgehead atoms. The van der Waals surface area contributed by atoms with Crippen molar-refractivity contribution in [1.29, 1.82) is 0 Å². The number of benzene rings is 2. The van der Waals surface area contributed by atoms with Gasteiger partial charge in [-0.2, -0.15) is 0 Å². The minimum absolute atomic E-state index is 0.0398. The van der Waals surface area contributed by atoms with Crippen LogP contribution in [-0.2, 0) is 21.4 Å². The second-order valence-corrected chi connectivity index (χ2v) is 11.8. The van der Waals surface area contributed by atoms with Gasteiger partial charge in [0.25, 0.3) is 11.8 Å². The van der Waals surface area contributed by atoms with E-state index in [-0.39, 0.29) is 23.6 Å². The van der Waals surface area contributed by atoms with Crippen molar-refractivity contribution in [3.05, 3.63) is 71.3 Å². The van der Waals surface area contributed by atoms with Crippen LogP contribution >= 0.6 is 0 Å². The number of aliphatic carboxylic acids is 2. The molecule has 2 amide bonds. The number of aliphatic hydroxyl groups excluding tert-OH is 2. The zero-order chi connectivity index (χ0) is 31.7. The summed E-state index contributed by atoms with van der Waals surface area (Å²) in [5.41, 5.74) is 0.854. The van der Waals surface area contributed by atoms with Gasteiger partial charge in [0.15, 0.2) is 23.7 Å². The van der Waals surface area contributed by atoms with Gasteiger partial charge < -0.3 is 35.4 Å². The smallest absolute Gasteiger partial charge is 0.335 e. The summed E-state index contributed by atoms with van der Waals surface area (Å²) in [4.78, 5) is 50.0. The van der Waals surface area contributed by atoms with E-state index in [0.29, 0.717) is 49.1 Å². The number of rotatable bonds is 6. The number of carboxylic acids is 2. The van der Waals surface area contributed by atoms with Gasteiger partial charge in [0.2, 0.25) is 0 Å². The lowest BCUT2D eigenvalue weighted by Crippen LogP contribution is -2.78. The number of amides is 2. The number of imide groups is 1. The second kappa shape index (κ2) is 10.4. The minimum Gasteiger partial charge on any atom is -0.504 e. The topological polar surface area (TPSA) is 205 Å². The summed E-state index contributed by atoms with van der Waals surface area (Å²) < 4.78 is 6.50. The number of likely N-dealkylation sites (tertiary alicyclic amines) is 1. The van der Waals surface area contributed by atoms with E-state index in [9.17, 15) is 29.4 Å². The molecule has 44 heavy (non-hydrogen) atoms.